The van der Waals surface area contributed by atoms with Crippen LogP contribution in [-0.2, 0) is 0 Å². The number of aryl methyl sites for hydroxylation is 2. The lowest BCUT2D eigenvalue weighted by atomic mass is 10.2. The molecule has 3 heterocycles. The van der Waals surface area contributed by atoms with Gasteiger partial charge in [-0.25, -0.2) is 10.1 Å². The standard InChI is InChI=1S/C19H22N8O/c1-13-16(12-20-23-19-21-17(28)14(2)22-24-19)18(26-10-6-7-11-26)27(25-13)15-8-4-3-5-9-15/h3-5,8-9,12H,6-7,10-11H2,1-2H3,(H2,21,23,24,28)/b20-12+. The Morgan fingerprint density at radius 3 is 2.57 bits per heavy atom. The number of hydrogen-bond acceptors (Lipinski definition) is 7. The molecule has 144 valence electrons. The fraction of sp³-hybridized carbons (Fsp3) is 0.316. The molecule has 0 amide bonds. The van der Waals surface area contributed by atoms with Gasteiger partial charge in [0.25, 0.3) is 5.56 Å². The van der Waals surface area contributed by atoms with Crippen LogP contribution in [0.25, 0.3) is 5.69 Å². The molecule has 4 rings (SSSR count). The molecule has 0 bridgehead atoms. The Labute approximate surface area is 162 Å². The topological polar surface area (TPSA) is 104 Å². The van der Waals surface area contributed by atoms with Gasteiger partial charge in [-0.05, 0) is 38.8 Å². The van der Waals surface area contributed by atoms with Gasteiger partial charge in [-0.2, -0.15) is 10.2 Å². The summed E-state index contributed by atoms with van der Waals surface area (Å²) in [7, 11) is 0. The smallest absolute Gasteiger partial charge is 0.274 e. The van der Waals surface area contributed by atoms with Gasteiger partial charge in [-0.15, -0.1) is 10.2 Å². The number of aromatic amines is 1. The maximum Gasteiger partial charge on any atom is 0.274 e. The van der Waals surface area contributed by atoms with Crippen molar-refractivity contribution >= 4 is 18.0 Å². The van der Waals surface area contributed by atoms with Crippen molar-refractivity contribution in [1.82, 2.24) is 25.0 Å². The molecule has 0 saturated carbocycles. The summed E-state index contributed by atoms with van der Waals surface area (Å²) in [4.78, 5) is 16.6. The van der Waals surface area contributed by atoms with Gasteiger partial charge in [-0.3, -0.25) is 9.78 Å². The van der Waals surface area contributed by atoms with Crippen LogP contribution in [0.3, 0.4) is 0 Å². The number of nitrogens with one attached hydrogen (secondary N) is 2. The van der Waals surface area contributed by atoms with Crippen molar-refractivity contribution in [3.63, 3.8) is 0 Å². The van der Waals surface area contributed by atoms with Crippen LogP contribution in [0.5, 0.6) is 0 Å². The van der Waals surface area contributed by atoms with Crippen molar-refractivity contribution < 1.29 is 0 Å². The summed E-state index contributed by atoms with van der Waals surface area (Å²) in [6.45, 7) is 5.54. The number of hydrazone groups is 1. The van der Waals surface area contributed by atoms with Crippen molar-refractivity contribution in [2.75, 3.05) is 23.4 Å². The second kappa shape index (κ2) is 7.63. The first kappa shape index (κ1) is 17.9. The maximum absolute atomic E-state index is 11.6. The Kier molecular flexibility index (Phi) is 4.88. The number of H-pyrrole nitrogens is 1. The number of aromatic nitrogens is 5. The van der Waals surface area contributed by atoms with Crippen molar-refractivity contribution in [2.45, 2.75) is 26.7 Å². The Balaban J connectivity index is 1.68. The third-order valence-electron chi connectivity index (χ3n) is 4.71. The summed E-state index contributed by atoms with van der Waals surface area (Å²) in [5.74, 6) is 1.22. The Morgan fingerprint density at radius 2 is 1.86 bits per heavy atom. The number of hydrogen-bond donors (Lipinski definition) is 2. The number of para-hydroxylation sites is 1. The Bertz CT molecular complexity index is 1050. The SMILES string of the molecule is Cc1nn(-c2ccccc2)c(N2CCCC2)c1/C=N/Nc1nnc(C)c(=O)[nH]1. The molecule has 1 aliphatic heterocycles. The summed E-state index contributed by atoms with van der Waals surface area (Å²) < 4.78 is 1.97. The van der Waals surface area contributed by atoms with Crippen molar-refractivity contribution in [2.24, 2.45) is 5.10 Å². The first-order valence-electron chi connectivity index (χ1n) is 9.26. The van der Waals surface area contributed by atoms with Crippen LogP contribution >= 0.6 is 0 Å². The number of benzene rings is 1. The molecule has 1 fully saturated rings. The summed E-state index contributed by atoms with van der Waals surface area (Å²) in [5.41, 5.74) is 5.57. The minimum Gasteiger partial charge on any atom is -0.356 e. The zero-order valence-corrected chi connectivity index (χ0v) is 15.9. The highest BCUT2D eigenvalue weighted by Crippen LogP contribution is 2.28. The second-order valence-electron chi connectivity index (χ2n) is 6.72. The van der Waals surface area contributed by atoms with E-state index in [1.54, 1.807) is 13.1 Å². The molecule has 2 aromatic heterocycles. The fourth-order valence-electron chi connectivity index (χ4n) is 3.26. The maximum atomic E-state index is 11.6. The van der Waals surface area contributed by atoms with Gasteiger partial charge >= 0.3 is 0 Å². The van der Waals surface area contributed by atoms with Gasteiger partial charge in [0.1, 0.15) is 11.5 Å². The summed E-state index contributed by atoms with van der Waals surface area (Å²) in [6.07, 6.45) is 4.04. The molecule has 28 heavy (non-hydrogen) atoms. The average Bonchev–Trinajstić information content (AvgIpc) is 3.33. The minimum absolute atomic E-state index is 0.197. The number of anilines is 2. The number of rotatable bonds is 5. The van der Waals surface area contributed by atoms with E-state index >= 15 is 0 Å². The molecular weight excluding hydrogens is 356 g/mol. The monoisotopic (exact) mass is 378 g/mol. The highest BCUT2D eigenvalue weighted by molar-refractivity contribution is 5.89. The van der Waals surface area contributed by atoms with Gasteiger partial charge in [-0.1, -0.05) is 18.2 Å². The molecule has 9 heteroatoms. The van der Waals surface area contributed by atoms with Crippen LogP contribution in [0, 0.1) is 13.8 Å². The highest BCUT2D eigenvalue weighted by atomic mass is 16.1. The van der Waals surface area contributed by atoms with Crippen LogP contribution in [0.4, 0.5) is 11.8 Å². The van der Waals surface area contributed by atoms with E-state index < -0.39 is 0 Å². The second-order valence-corrected chi connectivity index (χ2v) is 6.72. The van der Waals surface area contributed by atoms with E-state index in [0.717, 1.165) is 48.7 Å². The molecule has 3 aromatic rings. The lowest BCUT2D eigenvalue weighted by Crippen LogP contribution is -2.22. The van der Waals surface area contributed by atoms with Crippen molar-refractivity contribution in [1.29, 1.82) is 0 Å². The van der Waals surface area contributed by atoms with E-state index in [1.165, 1.54) is 0 Å². The van der Waals surface area contributed by atoms with Gasteiger partial charge in [0.15, 0.2) is 0 Å². The quantitative estimate of drug-likeness (QED) is 0.520. The van der Waals surface area contributed by atoms with Crippen molar-refractivity contribution in [3.8, 4) is 5.69 Å². The molecule has 1 saturated heterocycles. The third-order valence-corrected chi connectivity index (χ3v) is 4.71. The lowest BCUT2D eigenvalue weighted by molar-refractivity contribution is 0.815. The Hall–Kier alpha value is -3.49. The van der Waals surface area contributed by atoms with Crippen LogP contribution in [-0.4, -0.2) is 44.3 Å². The van der Waals surface area contributed by atoms with E-state index in [9.17, 15) is 4.79 Å². The molecule has 2 N–H and O–H groups in total. The van der Waals surface area contributed by atoms with E-state index in [1.807, 2.05) is 41.9 Å². The van der Waals surface area contributed by atoms with E-state index in [0.29, 0.717) is 5.69 Å². The molecule has 0 radical (unpaired) electrons. The average molecular weight is 378 g/mol. The normalized spacial score (nSPS) is 14.1. The molecule has 1 aliphatic rings. The van der Waals surface area contributed by atoms with Gasteiger partial charge < -0.3 is 4.90 Å². The van der Waals surface area contributed by atoms with Crippen LogP contribution in [0.1, 0.15) is 29.8 Å². The fourth-order valence-corrected chi connectivity index (χ4v) is 3.26. The number of nitrogens with zero attached hydrogens (tertiary/aromatic N) is 6. The summed E-state index contributed by atoms with van der Waals surface area (Å²) >= 11 is 0. The summed E-state index contributed by atoms with van der Waals surface area (Å²) in [5, 5.41) is 16.7. The van der Waals surface area contributed by atoms with Gasteiger partial charge in [0.05, 0.1) is 23.2 Å². The van der Waals surface area contributed by atoms with Crippen LogP contribution < -0.4 is 15.9 Å². The lowest BCUT2D eigenvalue weighted by Gasteiger charge is -2.20. The molecular formula is C19H22N8O. The predicted octanol–water partition coefficient (Wildman–Crippen LogP) is 2.01. The molecule has 0 atom stereocenters. The first-order valence-corrected chi connectivity index (χ1v) is 9.26. The minimum atomic E-state index is -0.293. The first-order chi connectivity index (χ1) is 13.6. The molecule has 0 unspecified atom stereocenters. The Morgan fingerprint density at radius 1 is 1.11 bits per heavy atom. The molecule has 1 aromatic carbocycles. The van der Waals surface area contributed by atoms with Gasteiger partial charge in [0.2, 0.25) is 5.95 Å². The summed E-state index contributed by atoms with van der Waals surface area (Å²) in [6, 6.07) is 10.1. The third kappa shape index (κ3) is 3.51. The molecule has 9 nitrogen and oxygen atoms in total. The van der Waals surface area contributed by atoms with Crippen molar-refractivity contribution in [3.05, 3.63) is 57.6 Å². The molecule has 0 spiro atoms. The highest BCUT2D eigenvalue weighted by Gasteiger charge is 2.23. The van der Waals surface area contributed by atoms with Crippen LogP contribution in [0.2, 0.25) is 0 Å². The zero-order valence-electron chi connectivity index (χ0n) is 15.9. The zero-order chi connectivity index (χ0) is 19.5. The largest absolute Gasteiger partial charge is 0.356 e. The molecule has 0 aliphatic carbocycles. The van der Waals surface area contributed by atoms with Gasteiger partial charge in [0, 0.05) is 13.1 Å². The van der Waals surface area contributed by atoms with E-state index in [4.69, 9.17) is 5.10 Å². The van der Waals surface area contributed by atoms with E-state index in [2.05, 4.69) is 30.6 Å². The predicted molar refractivity (Wildman–Crippen MR) is 108 cm³/mol. The van der Waals surface area contributed by atoms with Crippen LogP contribution in [0.15, 0.2) is 40.2 Å². The van der Waals surface area contributed by atoms with E-state index in [-0.39, 0.29) is 11.5 Å².